The minimum absolute atomic E-state index is 0.154. The van der Waals surface area contributed by atoms with Gasteiger partial charge in [-0.3, -0.25) is 9.48 Å². The molecule has 0 bridgehead atoms. The van der Waals surface area contributed by atoms with E-state index in [-0.39, 0.29) is 11.9 Å². The third kappa shape index (κ3) is 3.61. The van der Waals surface area contributed by atoms with Crippen LogP contribution in [0.3, 0.4) is 0 Å². The maximum Gasteiger partial charge on any atom is 0.242 e. The normalized spacial score (nSPS) is 13.7. The molecule has 1 heterocycles. The molecule has 22 heavy (non-hydrogen) atoms. The summed E-state index contributed by atoms with van der Waals surface area (Å²) in [5, 5.41) is 10.9. The first-order valence-electron chi connectivity index (χ1n) is 6.84. The summed E-state index contributed by atoms with van der Waals surface area (Å²) in [6.07, 6.45) is 3.47. The van der Waals surface area contributed by atoms with Gasteiger partial charge in [-0.05, 0) is 25.6 Å². The highest BCUT2D eigenvalue weighted by Gasteiger charge is 2.23. The Morgan fingerprint density at radius 1 is 1.36 bits per heavy atom. The molecule has 0 radical (unpaired) electrons. The average Bonchev–Trinajstić information content (AvgIpc) is 2.88. The lowest BCUT2D eigenvalue weighted by atomic mass is 10.1. The van der Waals surface area contributed by atoms with Gasteiger partial charge in [0.2, 0.25) is 5.91 Å². The first-order valence-corrected chi connectivity index (χ1v) is 7.59. The van der Waals surface area contributed by atoms with Crippen LogP contribution in [-0.2, 0) is 11.8 Å². The largest absolute Gasteiger partial charge is 0.348 e. The molecule has 2 N–H and O–H groups in total. The summed E-state index contributed by atoms with van der Waals surface area (Å²) in [4.78, 5) is 12.5. The third-order valence-corrected chi connectivity index (χ3v) is 4.25. The van der Waals surface area contributed by atoms with Crippen molar-refractivity contribution in [1.29, 1.82) is 0 Å². The van der Waals surface area contributed by atoms with Crippen LogP contribution in [0.2, 0.25) is 10.0 Å². The van der Waals surface area contributed by atoms with Crippen molar-refractivity contribution >= 4 is 29.1 Å². The summed E-state index contributed by atoms with van der Waals surface area (Å²) >= 11 is 12.2. The summed E-state index contributed by atoms with van der Waals surface area (Å²) in [6.45, 7) is 1.87. The van der Waals surface area contributed by atoms with Gasteiger partial charge in [0.15, 0.2) is 0 Å². The number of carbonyl (C=O) groups is 1. The molecular weight excluding hydrogens is 323 g/mol. The number of hydrogen-bond acceptors (Lipinski definition) is 3. The van der Waals surface area contributed by atoms with Crippen LogP contribution < -0.4 is 10.6 Å². The van der Waals surface area contributed by atoms with E-state index in [0.29, 0.717) is 10.0 Å². The van der Waals surface area contributed by atoms with E-state index in [9.17, 15) is 4.79 Å². The van der Waals surface area contributed by atoms with E-state index >= 15 is 0 Å². The summed E-state index contributed by atoms with van der Waals surface area (Å²) in [5.74, 6) is -0.154. The van der Waals surface area contributed by atoms with Crippen LogP contribution in [0.1, 0.15) is 30.1 Å². The fraction of sp³-hybridized carbons (Fsp3) is 0.333. The van der Waals surface area contributed by atoms with Crippen molar-refractivity contribution in [1.82, 2.24) is 20.4 Å². The first-order chi connectivity index (χ1) is 10.4. The van der Waals surface area contributed by atoms with Gasteiger partial charge in [-0.15, -0.1) is 0 Å². The molecule has 1 aromatic heterocycles. The van der Waals surface area contributed by atoms with E-state index in [1.165, 1.54) is 0 Å². The van der Waals surface area contributed by atoms with Gasteiger partial charge in [0, 0.05) is 18.8 Å². The second kappa shape index (κ2) is 7.13. The number of aryl methyl sites for hydroxylation is 1. The molecule has 5 nitrogen and oxygen atoms in total. The molecule has 2 aromatic rings. The van der Waals surface area contributed by atoms with E-state index in [1.807, 2.05) is 26.1 Å². The summed E-state index contributed by atoms with van der Waals surface area (Å²) < 4.78 is 1.66. The second-order valence-corrected chi connectivity index (χ2v) is 5.83. The smallest absolute Gasteiger partial charge is 0.242 e. The number of likely N-dealkylation sites (N-methyl/N-ethyl adjacent to an activating group) is 1. The van der Waals surface area contributed by atoms with Gasteiger partial charge < -0.3 is 10.6 Å². The van der Waals surface area contributed by atoms with E-state index < -0.39 is 6.04 Å². The highest BCUT2D eigenvalue weighted by Crippen LogP contribution is 2.30. The van der Waals surface area contributed by atoms with Gasteiger partial charge in [0.25, 0.3) is 0 Å². The van der Waals surface area contributed by atoms with Gasteiger partial charge in [0.05, 0.1) is 22.3 Å². The Morgan fingerprint density at radius 3 is 2.68 bits per heavy atom. The maximum atomic E-state index is 12.5. The van der Waals surface area contributed by atoms with Crippen molar-refractivity contribution in [2.45, 2.75) is 19.0 Å². The predicted octanol–water partition coefficient (Wildman–Crippen LogP) is 2.86. The Hall–Kier alpha value is -1.56. The van der Waals surface area contributed by atoms with E-state index in [0.717, 1.165) is 11.1 Å². The molecule has 0 aliphatic rings. The zero-order valence-corrected chi connectivity index (χ0v) is 14.1. The summed E-state index contributed by atoms with van der Waals surface area (Å²) in [6, 6.07) is 4.63. The lowest BCUT2D eigenvalue weighted by molar-refractivity contribution is -0.123. The van der Waals surface area contributed by atoms with Gasteiger partial charge in [-0.25, -0.2) is 0 Å². The minimum Gasteiger partial charge on any atom is -0.348 e. The fourth-order valence-corrected chi connectivity index (χ4v) is 2.74. The SMILES string of the molecule is CNC(C(=O)NC(C)c1cccc(Cl)c1Cl)c1cnn(C)c1. The number of carbonyl (C=O) groups excluding carboxylic acids is 1. The molecule has 0 saturated carbocycles. The van der Waals surface area contributed by atoms with Crippen LogP contribution in [0, 0.1) is 0 Å². The Morgan fingerprint density at radius 2 is 2.09 bits per heavy atom. The van der Waals surface area contributed by atoms with E-state index in [1.54, 1.807) is 30.2 Å². The molecule has 0 fully saturated rings. The number of nitrogens with zero attached hydrogens (tertiary/aromatic N) is 2. The van der Waals surface area contributed by atoms with Crippen LogP contribution >= 0.6 is 23.2 Å². The average molecular weight is 341 g/mol. The Labute approximate surface area is 139 Å². The van der Waals surface area contributed by atoms with Gasteiger partial charge in [0.1, 0.15) is 6.04 Å². The standard InChI is InChI=1S/C15H18Cl2N4O/c1-9(11-5-4-6-12(16)13(11)17)20-15(22)14(18-2)10-7-19-21(3)8-10/h4-9,14,18H,1-3H3,(H,20,22). The number of nitrogens with one attached hydrogen (secondary N) is 2. The molecule has 118 valence electrons. The summed E-state index contributed by atoms with van der Waals surface area (Å²) in [7, 11) is 3.54. The van der Waals surface area contributed by atoms with Crippen molar-refractivity contribution in [3.05, 3.63) is 51.8 Å². The van der Waals surface area contributed by atoms with Gasteiger partial charge in [-0.1, -0.05) is 35.3 Å². The van der Waals surface area contributed by atoms with Crippen molar-refractivity contribution in [3.8, 4) is 0 Å². The zero-order chi connectivity index (χ0) is 16.3. The van der Waals surface area contributed by atoms with Crippen LogP contribution in [0.25, 0.3) is 0 Å². The zero-order valence-electron chi connectivity index (χ0n) is 12.6. The van der Waals surface area contributed by atoms with Crippen molar-refractivity contribution in [2.75, 3.05) is 7.05 Å². The number of benzene rings is 1. The third-order valence-electron chi connectivity index (χ3n) is 3.42. The first kappa shape index (κ1) is 16.8. The number of hydrogen-bond donors (Lipinski definition) is 2. The predicted molar refractivity (Wildman–Crippen MR) is 88.0 cm³/mol. The fourth-order valence-electron chi connectivity index (χ4n) is 2.27. The molecule has 1 amide bonds. The molecule has 2 atom stereocenters. The maximum absolute atomic E-state index is 12.5. The summed E-state index contributed by atoms with van der Waals surface area (Å²) in [5.41, 5.74) is 1.58. The highest BCUT2D eigenvalue weighted by atomic mass is 35.5. The number of aromatic nitrogens is 2. The Kier molecular flexibility index (Phi) is 5.45. The molecule has 0 spiro atoms. The quantitative estimate of drug-likeness (QED) is 0.879. The Balaban J connectivity index is 2.14. The molecule has 7 heteroatoms. The van der Waals surface area contributed by atoms with Crippen molar-refractivity contribution in [3.63, 3.8) is 0 Å². The highest BCUT2D eigenvalue weighted by molar-refractivity contribution is 6.42. The topological polar surface area (TPSA) is 59.0 Å². The lowest BCUT2D eigenvalue weighted by Crippen LogP contribution is -2.37. The van der Waals surface area contributed by atoms with Crippen LogP contribution in [0.4, 0.5) is 0 Å². The van der Waals surface area contributed by atoms with Crippen molar-refractivity contribution < 1.29 is 4.79 Å². The van der Waals surface area contributed by atoms with E-state index in [2.05, 4.69) is 15.7 Å². The number of halogens is 2. The van der Waals surface area contributed by atoms with Crippen molar-refractivity contribution in [2.24, 2.45) is 7.05 Å². The van der Waals surface area contributed by atoms with Crippen LogP contribution in [-0.4, -0.2) is 22.7 Å². The molecule has 0 aliphatic heterocycles. The monoisotopic (exact) mass is 340 g/mol. The van der Waals surface area contributed by atoms with E-state index in [4.69, 9.17) is 23.2 Å². The number of rotatable bonds is 5. The molecule has 2 rings (SSSR count). The second-order valence-electron chi connectivity index (χ2n) is 5.04. The molecule has 0 saturated heterocycles. The molecule has 0 aliphatic carbocycles. The van der Waals surface area contributed by atoms with Gasteiger partial charge >= 0.3 is 0 Å². The van der Waals surface area contributed by atoms with Crippen LogP contribution in [0.15, 0.2) is 30.6 Å². The lowest BCUT2D eigenvalue weighted by Gasteiger charge is -2.20. The van der Waals surface area contributed by atoms with Crippen LogP contribution in [0.5, 0.6) is 0 Å². The minimum atomic E-state index is -0.478. The Bertz CT molecular complexity index is 671. The molecule has 2 unspecified atom stereocenters. The molecule has 1 aromatic carbocycles. The molecular formula is C15H18Cl2N4O. The van der Waals surface area contributed by atoms with Gasteiger partial charge in [-0.2, -0.15) is 5.10 Å². The number of amides is 1.